The molecule has 1 aromatic heterocycles. The van der Waals surface area contributed by atoms with Crippen LogP contribution in [0.5, 0.6) is 5.75 Å². The fraction of sp³-hybridized carbons (Fsp3) is 0.214. The maximum absolute atomic E-state index is 14.6. The van der Waals surface area contributed by atoms with Crippen LogP contribution in [0.4, 0.5) is 4.39 Å². The molecule has 0 fully saturated rings. The Kier molecular flexibility index (Phi) is 6.64. The molecule has 0 unspecified atom stereocenters. The van der Waals surface area contributed by atoms with E-state index in [9.17, 15) is 12.8 Å². The van der Waals surface area contributed by atoms with E-state index in [2.05, 4.69) is 10.6 Å². The Bertz CT molecular complexity index is 1560. The molecule has 0 aliphatic carbocycles. The summed E-state index contributed by atoms with van der Waals surface area (Å²) in [5, 5.41) is 1.45. The van der Waals surface area contributed by atoms with Gasteiger partial charge in [-0.2, -0.15) is 4.31 Å². The molecule has 186 valence electrons. The SMILES string of the molecule is COc1ccc(S(=O)(=O)N2CC=C(c3c(C)n(Cc4c(F)cccc4Cl)c4ccccc34)CC2)cc1. The number of hydrogen-bond acceptors (Lipinski definition) is 3. The second kappa shape index (κ2) is 9.73. The minimum Gasteiger partial charge on any atom is -0.497 e. The third kappa shape index (κ3) is 4.32. The van der Waals surface area contributed by atoms with Crippen molar-refractivity contribution in [2.24, 2.45) is 0 Å². The van der Waals surface area contributed by atoms with Gasteiger partial charge in [0.1, 0.15) is 11.6 Å². The Balaban J connectivity index is 1.49. The van der Waals surface area contributed by atoms with Gasteiger partial charge < -0.3 is 9.30 Å². The zero-order chi connectivity index (χ0) is 25.4. The smallest absolute Gasteiger partial charge is 0.243 e. The van der Waals surface area contributed by atoms with Gasteiger partial charge in [0, 0.05) is 45.8 Å². The van der Waals surface area contributed by atoms with Crippen molar-refractivity contribution in [1.29, 1.82) is 0 Å². The molecule has 0 atom stereocenters. The molecule has 0 saturated heterocycles. The van der Waals surface area contributed by atoms with Gasteiger partial charge in [0.2, 0.25) is 10.0 Å². The lowest BCUT2D eigenvalue weighted by atomic mass is 9.97. The van der Waals surface area contributed by atoms with Crippen LogP contribution < -0.4 is 4.74 Å². The first-order valence-corrected chi connectivity index (χ1v) is 13.5. The van der Waals surface area contributed by atoms with Crippen molar-refractivity contribution in [2.75, 3.05) is 20.2 Å². The van der Waals surface area contributed by atoms with E-state index < -0.39 is 10.0 Å². The van der Waals surface area contributed by atoms with E-state index in [1.54, 1.807) is 43.5 Å². The van der Waals surface area contributed by atoms with Crippen molar-refractivity contribution in [3.63, 3.8) is 0 Å². The summed E-state index contributed by atoms with van der Waals surface area (Å²) in [4.78, 5) is 0.245. The highest BCUT2D eigenvalue weighted by Crippen LogP contribution is 2.36. The molecule has 36 heavy (non-hydrogen) atoms. The van der Waals surface area contributed by atoms with Crippen molar-refractivity contribution in [2.45, 2.75) is 24.8 Å². The van der Waals surface area contributed by atoms with Crippen molar-refractivity contribution in [3.05, 3.63) is 100 Å². The van der Waals surface area contributed by atoms with Crippen LogP contribution in [0.3, 0.4) is 0 Å². The van der Waals surface area contributed by atoms with Gasteiger partial charge in [-0.1, -0.05) is 41.9 Å². The molecule has 5 rings (SSSR count). The van der Waals surface area contributed by atoms with E-state index in [0.29, 0.717) is 35.8 Å². The number of aromatic nitrogens is 1. The van der Waals surface area contributed by atoms with Crippen LogP contribution in [0, 0.1) is 12.7 Å². The summed E-state index contributed by atoms with van der Waals surface area (Å²) in [6.45, 7) is 2.98. The first-order chi connectivity index (χ1) is 17.3. The fourth-order valence-electron chi connectivity index (χ4n) is 4.87. The molecule has 0 radical (unpaired) electrons. The first-order valence-electron chi connectivity index (χ1n) is 11.7. The number of nitrogens with zero attached hydrogens (tertiary/aromatic N) is 2. The van der Waals surface area contributed by atoms with Crippen LogP contribution in [-0.4, -0.2) is 37.5 Å². The number of ether oxygens (including phenoxy) is 1. The van der Waals surface area contributed by atoms with E-state index in [0.717, 1.165) is 27.7 Å². The molecular weight excluding hydrogens is 499 g/mol. The molecule has 2 heterocycles. The molecule has 0 spiro atoms. The monoisotopic (exact) mass is 524 g/mol. The first kappa shape index (κ1) is 24.6. The highest BCUT2D eigenvalue weighted by atomic mass is 35.5. The molecule has 1 aliphatic rings. The number of rotatable bonds is 6. The zero-order valence-electron chi connectivity index (χ0n) is 20.0. The Morgan fingerprint density at radius 1 is 1.03 bits per heavy atom. The normalized spacial score (nSPS) is 14.7. The topological polar surface area (TPSA) is 51.5 Å². The Morgan fingerprint density at radius 3 is 2.44 bits per heavy atom. The largest absolute Gasteiger partial charge is 0.497 e. The summed E-state index contributed by atoms with van der Waals surface area (Å²) in [5.41, 5.74) is 4.58. The summed E-state index contributed by atoms with van der Waals surface area (Å²) in [6.07, 6.45) is 2.56. The fourth-order valence-corrected chi connectivity index (χ4v) is 6.48. The van der Waals surface area contributed by atoms with Gasteiger partial charge in [0.15, 0.2) is 0 Å². The molecule has 0 amide bonds. The summed E-state index contributed by atoms with van der Waals surface area (Å²) < 4.78 is 49.7. The maximum atomic E-state index is 14.6. The van der Waals surface area contributed by atoms with Crippen molar-refractivity contribution < 1.29 is 17.5 Å². The molecule has 3 aromatic carbocycles. The van der Waals surface area contributed by atoms with Crippen LogP contribution in [0.2, 0.25) is 5.02 Å². The van der Waals surface area contributed by atoms with Crippen LogP contribution in [0.25, 0.3) is 16.5 Å². The van der Waals surface area contributed by atoms with Gasteiger partial charge in [-0.05, 0) is 61.4 Å². The second-order valence-corrected chi connectivity index (χ2v) is 11.1. The summed E-state index contributed by atoms with van der Waals surface area (Å²) in [5.74, 6) is 0.274. The van der Waals surface area contributed by atoms with E-state index in [1.165, 1.54) is 10.4 Å². The Labute approximate surface area is 215 Å². The number of methoxy groups -OCH3 is 1. The molecule has 5 nitrogen and oxygen atoms in total. The average Bonchev–Trinajstić information content (AvgIpc) is 3.17. The number of sulfonamides is 1. The Hall–Kier alpha value is -3.13. The van der Waals surface area contributed by atoms with Crippen LogP contribution >= 0.6 is 11.6 Å². The molecule has 0 saturated carbocycles. The second-order valence-electron chi connectivity index (χ2n) is 8.78. The quantitative estimate of drug-likeness (QED) is 0.298. The zero-order valence-corrected chi connectivity index (χ0v) is 21.6. The number of benzene rings is 3. The predicted octanol–water partition coefficient (Wildman–Crippen LogP) is 6.28. The highest BCUT2D eigenvalue weighted by molar-refractivity contribution is 7.89. The van der Waals surface area contributed by atoms with Gasteiger partial charge in [-0.25, -0.2) is 12.8 Å². The number of fused-ring (bicyclic) bond motifs is 1. The summed E-state index contributed by atoms with van der Waals surface area (Å²) in [6, 6.07) is 19.2. The van der Waals surface area contributed by atoms with E-state index >= 15 is 0 Å². The molecular formula is C28H26ClFN2O3S. The lowest BCUT2D eigenvalue weighted by molar-refractivity contribution is 0.414. The highest BCUT2D eigenvalue weighted by Gasteiger charge is 2.28. The molecule has 1 aliphatic heterocycles. The van der Waals surface area contributed by atoms with Gasteiger partial charge >= 0.3 is 0 Å². The summed E-state index contributed by atoms with van der Waals surface area (Å²) in [7, 11) is -2.07. The van der Waals surface area contributed by atoms with Crippen LogP contribution in [-0.2, 0) is 16.6 Å². The third-order valence-corrected chi connectivity index (χ3v) is 9.03. The van der Waals surface area contributed by atoms with E-state index in [1.807, 2.05) is 31.2 Å². The molecule has 8 heteroatoms. The average molecular weight is 525 g/mol. The minimum atomic E-state index is -3.62. The van der Waals surface area contributed by atoms with Crippen molar-refractivity contribution in [3.8, 4) is 5.75 Å². The van der Waals surface area contributed by atoms with Gasteiger partial charge in [-0.3, -0.25) is 0 Å². The van der Waals surface area contributed by atoms with Crippen LogP contribution in [0.15, 0.2) is 77.7 Å². The lowest BCUT2D eigenvalue weighted by Crippen LogP contribution is -2.34. The molecule has 4 aromatic rings. The van der Waals surface area contributed by atoms with E-state index in [4.69, 9.17) is 16.3 Å². The van der Waals surface area contributed by atoms with Gasteiger partial charge in [0.05, 0.1) is 18.6 Å². The number of para-hydroxylation sites is 1. The minimum absolute atomic E-state index is 0.245. The maximum Gasteiger partial charge on any atom is 0.243 e. The van der Waals surface area contributed by atoms with Crippen molar-refractivity contribution >= 4 is 38.1 Å². The predicted molar refractivity (Wildman–Crippen MR) is 142 cm³/mol. The molecule has 0 bridgehead atoms. The number of halogens is 2. The standard InChI is InChI=1S/C28H26ClFN2O3S/c1-19-28(20-14-16-31(17-15-20)36(33,34)22-12-10-21(35-2)11-13-22)23-6-3-4-9-27(23)32(19)18-24-25(29)7-5-8-26(24)30/h3-14H,15-18H2,1-2H3. The van der Waals surface area contributed by atoms with E-state index in [-0.39, 0.29) is 17.3 Å². The van der Waals surface area contributed by atoms with Crippen molar-refractivity contribution in [1.82, 2.24) is 8.87 Å². The summed E-state index contributed by atoms with van der Waals surface area (Å²) >= 11 is 6.33. The van der Waals surface area contributed by atoms with Gasteiger partial charge in [0.25, 0.3) is 0 Å². The van der Waals surface area contributed by atoms with Crippen LogP contribution in [0.1, 0.15) is 23.2 Å². The molecule has 0 N–H and O–H groups in total. The number of hydrogen-bond donors (Lipinski definition) is 0. The lowest BCUT2D eigenvalue weighted by Gasteiger charge is -2.26. The van der Waals surface area contributed by atoms with Gasteiger partial charge in [-0.15, -0.1) is 0 Å². The Morgan fingerprint density at radius 2 is 1.78 bits per heavy atom. The third-order valence-electron chi connectivity index (χ3n) is 6.80.